The molecule has 1 aliphatic heterocycles. The van der Waals surface area contributed by atoms with E-state index in [0.29, 0.717) is 12.2 Å². The van der Waals surface area contributed by atoms with Crippen LogP contribution in [0.4, 0.5) is 10.5 Å². The van der Waals surface area contributed by atoms with E-state index in [9.17, 15) is 28.8 Å². The minimum Gasteiger partial charge on any atom is -0.445 e. The largest absolute Gasteiger partial charge is 0.445 e. The monoisotopic (exact) mass is 487 g/mol. The lowest BCUT2D eigenvalue weighted by Crippen LogP contribution is -2.50. The molecule has 0 unspecified atom stereocenters. The number of anilines is 1. The van der Waals surface area contributed by atoms with Crippen molar-refractivity contribution in [1.29, 1.82) is 0 Å². The Morgan fingerprint density at radius 1 is 0.914 bits per heavy atom. The quantitative estimate of drug-likeness (QED) is 0.324. The van der Waals surface area contributed by atoms with Crippen molar-refractivity contribution in [1.82, 2.24) is 20.9 Å². The van der Waals surface area contributed by atoms with E-state index >= 15 is 0 Å². The number of nitrogens with one attached hydrogen (secondary N) is 4. The van der Waals surface area contributed by atoms with Gasteiger partial charge in [-0.1, -0.05) is 12.1 Å². The Hall–Kier alpha value is -4.22. The molecule has 0 fully saturated rings. The van der Waals surface area contributed by atoms with Gasteiger partial charge in [-0.05, 0) is 38.5 Å². The third-order valence-corrected chi connectivity index (χ3v) is 4.90. The van der Waals surface area contributed by atoms with Crippen molar-refractivity contribution in [3.8, 4) is 0 Å². The maximum absolute atomic E-state index is 12.4. The standard InChI is InChI=1S/C23H29N5O7/c1-4-24-23(34)35-13-16-5-7-17(8-6-16)27-22(33)15(3)26-21(32)14(2)25-18(29)11-12-28-19(30)9-10-20(28)31/h5-10,14-15H,4,11-13H2,1-3H3,(H,24,34)(H,25,29)(H,26,32)(H,27,33)/t14-,15-/m0/s1. The van der Waals surface area contributed by atoms with Gasteiger partial charge in [-0.2, -0.15) is 0 Å². The zero-order valence-corrected chi connectivity index (χ0v) is 19.8. The average molecular weight is 488 g/mol. The number of ether oxygens (including phenoxy) is 1. The Labute approximate surface area is 202 Å². The van der Waals surface area contributed by atoms with Gasteiger partial charge in [-0.15, -0.1) is 0 Å². The number of benzene rings is 1. The average Bonchev–Trinajstić information content (AvgIpc) is 3.14. The lowest BCUT2D eigenvalue weighted by atomic mass is 10.2. The molecule has 1 aliphatic rings. The summed E-state index contributed by atoms with van der Waals surface area (Å²) in [6.07, 6.45) is 1.57. The lowest BCUT2D eigenvalue weighted by Gasteiger charge is -2.19. The maximum atomic E-state index is 12.4. The van der Waals surface area contributed by atoms with Gasteiger partial charge >= 0.3 is 6.09 Å². The molecule has 188 valence electrons. The van der Waals surface area contributed by atoms with E-state index in [1.54, 1.807) is 31.2 Å². The van der Waals surface area contributed by atoms with Gasteiger partial charge in [-0.3, -0.25) is 28.9 Å². The molecule has 0 aromatic heterocycles. The second-order valence-corrected chi connectivity index (χ2v) is 7.72. The fraction of sp³-hybridized carbons (Fsp3) is 0.391. The summed E-state index contributed by atoms with van der Waals surface area (Å²) in [6.45, 7) is 5.17. The summed E-state index contributed by atoms with van der Waals surface area (Å²) in [5.41, 5.74) is 1.22. The molecule has 0 aliphatic carbocycles. The van der Waals surface area contributed by atoms with E-state index in [-0.39, 0.29) is 19.6 Å². The molecule has 1 heterocycles. The zero-order chi connectivity index (χ0) is 26.0. The molecule has 2 rings (SSSR count). The van der Waals surface area contributed by atoms with E-state index in [4.69, 9.17) is 4.74 Å². The number of carbonyl (C=O) groups is 6. The Bertz CT molecular complexity index is 988. The van der Waals surface area contributed by atoms with Crippen molar-refractivity contribution < 1.29 is 33.5 Å². The highest BCUT2D eigenvalue weighted by atomic mass is 16.5. The summed E-state index contributed by atoms with van der Waals surface area (Å²) < 4.78 is 5.02. The predicted molar refractivity (Wildman–Crippen MR) is 125 cm³/mol. The van der Waals surface area contributed by atoms with Crippen LogP contribution in [0.1, 0.15) is 32.8 Å². The molecule has 0 saturated carbocycles. The highest BCUT2D eigenvalue weighted by molar-refractivity contribution is 6.13. The zero-order valence-electron chi connectivity index (χ0n) is 19.8. The Morgan fingerprint density at radius 3 is 2.11 bits per heavy atom. The molecule has 6 amide bonds. The molecule has 1 aromatic rings. The minimum absolute atomic E-state index is 0.0810. The second-order valence-electron chi connectivity index (χ2n) is 7.72. The van der Waals surface area contributed by atoms with E-state index in [1.165, 1.54) is 13.8 Å². The summed E-state index contributed by atoms with van der Waals surface area (Å²) in [5.74, 6) is -2.55. The number of imide groups is 1. The van der Waals surface area contributed by atoms with Crippen molar-refractivity contribution in [3.63, 3.8) is 0 Å². The fourth-order valence-corrected chi connectivity index (χ4v) is 2.93. The first-order valence-electron chi connectivity index (χ1n) is 11.0. The van der Waals surface area contributed by atoms with Crippen molar-refractivity contribution >= 4 is 41.3 Å². The molecule has 35 heavy (non-hydrogen) atoms. The highest BCUT2D eigenvalue weighted by Gasteiger charge is 2.25. The number of nitrogens with zero attached hydrogens (tertiary/aromatic N) is 1. The summed E-state index contributed by atoms with van der Waals surface area (Å²) in [7, 11) is 0. The molecule has 12 nitrogen and oxygen atoms in total. The Morgan fingerprint density at radius 2 is 1.51 bits per heavy atom. The van der Waals surface area contributed by atoms with Gasteiger partial charge in [0.05, 0.1) is 0 Å². The van der Waals surface area contributed by atoms with Gasteiger partial charge in [0.25, 0.3) is 11.8 Å². The number of carbonyl (C=O) groups excluding carboxylic acids is 6. The highest BCUT2D eigenvalue weighted by Crippen LogP contribution is 2.11. The first-order valence-corrected chi connectivity index (χ1v) is 11.0. The van der Waals surface area contributed by atoms with Gasteiger partial charge in [0, 0.05) is 37.3 Å². The van der Waals surface area contributed by atoms with E-state index in [0.717, 1.165) is 22.6 Å². The fourth-order valence-electron chi connectivity index (χ4n) is 2.93. The molecule has 4 N–H and O–H groups in total. The van der Waals surface area contributed by atoms with Crippen LogP contribution in [0.3, 0.4) is 0 Å². The molecule has 0 bridgehead atoms. The minimum atomic E-state index is -0.940. The molecule has 1 aromatic carbocycles. The lowest BCUT2D eigenvalue weighted by molar-refractivity contribution is -0.137. The van der Waals surface area contributed by atoms with Gasteiger partial charge < -0.3 is 26.0 Å². The van der Waals surface area contributed by atoms with Gasteiger partial charge in [0.1, 0.15) is 18.7 Å². The Kier molecular flexibility index (Phi) is 9.94. The first kappa shape index (κ1) is 27.0. The molecule has 2 atom stereocenters. The van der Waals surface area contributed by atoms with Crippen LogP contribution >= 0.6 is 0 Å². The van der Waals surface area contributed by atoms with Gasteiger partial charge in [0.15, 0.2) is 0 Å². The van der Waals surface area contributed by atoms with Crippen LogP contribution in [0.2, 0.25) is 0 Å². The van der Waals surface area contributed by atoms with E-state index in [1.807, 2.05) is 0 Å². The van der Waals surface area contributed by atoms with Crippen LogP contribution in [-0.2, 0) is 35.3 Å². The summed E-state index contributed by atoms with van der Waals surface area (Å²) >= 11 is 0. The summed E-state index contributed by atoms with van der Waals surface area (Å²) in [4.78, 5) is 72.1. The smallest absolute Gasteiger partial charge is 0.407 e. The third-order valence-electron chi connectivity index (χ3n) is 4.90. The number of amides is 6. The molecule has 0 spiro atoms. The number of hydrogen-bond donors (Lipinski definition) is 4. The third kappa shape index (κ3) is 8.57. The van der Waals surface area contributed by atoms with Gasteiger partial charge in [0.2, 0.25) is 17.7 Å². The molecule has 0 saturated heterocycles. The topological polar surface area (TPSA) is 163 Å². The maximum Gasteiger partial charge on any atom is 0.407 e. The van der Waals surface area contributed by atoms with Crippen LogP contribution < -0.4 is 21.3 Å². The first-order chi connectivity index (χ1) is 16.6. The summed E-state index contributed by atoms with van der Waals surface area (Å²) in [5, 5.41) is 10.2. The molecule has 0 radical (unpaired) electrons. The van der Waals surface area contributed by atoms with Gasteiger partial charge in [-0.25, -0.2) is 4.79 Å². The van der Waals surface area contributed by atoms with E-state index in [2.05, 4.69) is 21.3 Å². The SMILES string of the molecule is CCNC(=O)OCc1ccc(NC(=O)[C@H](C)NC(=O)[C@H](C)NC(=O)CCN2C(=O)C=CC2=O)cc1. The van der Waals surface area contributed by atoms with Crippen molar-refractivity contribution in [2.24, 2.45) is 0 Å². The van der Waals surface area contributed by atoms with Crippen LogP contribution in [0.25, 0.3) is 0 Å². The van der Waals surface area contributed by atoms with Crippen LogP contribution in [0.5, 0.6) is 0 Å². The molecular weight excluding hydrogens is 458 g/mol. The Balaban J connectivity index is 1.74. The summed E-state index contributed by atoms with van der Waals surface area (Å²) in [6, 6.07) is 4.82. The second kappa shape index (κ2) is 12.9. The predicted octanol–water partition coefficient (Wildman–Crippen LogP) is 0.196. The van der Waals surface area contributed by atoms with Crippen molar-refractivity contribution in [3.05, 3.63) is 42.0 Å². The number of hydrogen-bond acceptors (Lipinski definition) is 7. The van der Waals surface area contributed by atoms with Crippen LogP contribution in [0.15, 0.2) is 36.4 Å². The van der Waals surface area contributed by atoms with E-state index < -0.39 is 47.7 Å². The number of rotatable bonds is 11. The normalized spacial score (nSPS) is 14.2. The molecular formula is C23H29N5O7. The number of alkyl carbamates (subject to hydrolysis) is 1. The molecule has 12 heteroatoms. The van der Waals surface area contributed by atoms with Crippen LogP contribution in [-0.4, -0.2) is 65.7 Å². The van der Waals surface area contributed by atoms with Crippen LogP contribution in [0, 0.1) is 0 Å². The van der Waals surface area contributed by atoms with Crippen molar-refractivity contribution in [2.45, 2.75) is 45.9 Å². The van der Waals surface area contributed by atoms with Crippen molar-refractivity contribution in [2.75, 3.05) is 18.4 Å².